The maximum atomic E-state index is 13.9. The lowest BCUT2D eigenvalue weighted by Gasteiger charge is -2.39. The molecule has 6 nitrogen and oxygen atoms in total. The second-order valence-corrected chi connectivity index (χ2v) is 7.40. The average Bonchev–Trinajstić information content (AvgIpc) is 3.00. The van der Waals surface area contributed by atoms with Crippen molar-refractivity contribution in [1.82, 2.24) is 0 Å². The van der Waals surface area contributed by atoms with E-state index in [1.165, 1.54) is 31.2 Å². The Bertz CT molecular complexity index is 705. The number of hydrogen-bond donors (Lipinski definition) is 0. The zero-order valence-corrected chi connectivity index (χ0v) is 16.0. The van der Waals surface area contributed by atoms with Crippen molar-refractivity contribution in [3.05, 3.63) is 35.9 Å². The molecule has 0 radical (unpaired) electrons. The SMILES string of the molecule is CC(=O)OC(C=O)CCC(C)(C)C1(C)OOC(c2ccccc2)(C(F)(F)F)O1. The maximum absolute atomic E-state index is 13.9. The molecule has 3 atom stereocenters. The monoisotopic (exact) mass is 404 g/mol. The highest BCUT2D eigenvalue weighted by Gasteiger charge is 2.70. The number of alkyl halides is 3. The third kappa shape index (κ3) is 4.21. The molecule has 0 saturated carbocycles. The lowest BCUT2D eigenvalue weighted by Crippen LogP contribution is -2.49. The van der Waals surface area contributed by atoms with E-state index in [-0.39, 0.29) is 18.4 Å². The zero-order valence-electron chi connectivity index (χ0n) is 16.0. The van der Waals surface area contributed by atoms with Crippen molar-refractivity contribution in [2.24, 2.45) is 5.41 Å². The van der Waals surface area contributed by atoms with Gasteiger partial charge in [-0.1, -0.05) is 44.2 Å². The molecule has 1 heterocycles. The van der Waals surface area contributed by atoms with Crippen LogP contribution in [0, 0.1) is 5.41 Å². The third-order valence-corrected chi connectivity index (χ3v) is 4.94. The van der Waals surface area contributed by atoms with E-state index in [9.17, 15) is 22.8 Å². The van der Waals surface area contributed by atoms with Gasteiger partial charge in [0, 0.05) is 17.9 Å². The molecule has 2 rings (SSSR count). The van der Waals surface area contributed by atoms with Gasteiger partial charge in [-0.05, 0) is 19.8 Å². The van der Waals surface area contributed by atoms with Crippen LogP contribution < -0.4 is 0 Å². The molecule has 28 heavy (non-hydrogen) atoms. The number of hydrogen-bond acceptors (Lipinski definition) is 6. The van der Waals surface area contributed by atoms with E-state index in [0.717, 1.165) is 6.92 Å². The summed E-state index contributed by atoms with van der Waals surface area (Å²) >= 11 is 0. The summed E-state index contributed by atoms with van der Waals surface area (Å²) in [5, 5.41) is 0. The summed E-state index contributed by atoms with van der Waals surface area (Å²) in [4.78, 5) is 32.0. The van der Waals surface area contributed by atoms with Gasteiger partial charge in [-0.2, -0.15) is 22.9 Å². The lowest BCUT2D eigenvalue weighted by molar-refractivity contribution is -0.422. The summed E-state index contributed by atoms with van der Waals surface area (Å²) in [5.41, 5.74) is -1.29. The van der Waals surface area contributed by atoms with Crippen molar-refractivity contribution >= 4 is 12.3 Å². The van der Waals surface area contributed by atoms with Crippen LogP contribution in [0.5, 0.6) is 0 Å². The molecule has 1 aliphatic rings. The van der Waals surface area contributed by atoms with E-state index in [1.54, 1.807) is 19.9 Å². The fourth-order valence-electron chi connectivity index (χ4n) is 2.83. The topological polar surface area (TPSA) is 71.1 Å². The smallest absolute Gasteiger partial charge is 0.451 e. The summed E-state index contributed by atoms with van der Waals surface area (Å²) in [6.07, 6.45) is -5.21. The summed E-state index contributed by atoms with van der Waals surface area (Å²) < 4.78 is 52.0. The highest BCUT2D eigenvalue weighted by Crippen LogP contribution is 2.55. The molecule has 1 fully saturated rings. The molecule has 0 bridgehead atoms. The van der Waals surface area contributed by atoms with Crippen LogP contribution >= 0.6 is 0 Å². The summed E-state index contributed by atoms with van der Waals surface area (Å²) in [6, 6.07) is 6.91. The number of carbonyl (C=O) groups is 2. The number of carbonyl (C=O) groups excluding carboxylic acids is 2. The van der Waals surface area contributed by atoms with Crippen LogP contribution in [-0.2, 0) is 34.6 Å². The van der Waals surface area contributed by atoms with E-state index in [1.807, 2.05) is 0 Å². The van der Waals surface area contributed by atoms with E-state index >= 15 is 0 Å². The Morgan fingerprint density at radius 1 is 1.21 bits per heavy atom. The zero-order chi connectivity index (χ0) is 21.2. The molecule has 1 aliphatic heterocycles. The van der Waals surface area contributed by atoms with Crippen molar-refractivity contribution in [3.8, 4) is 0 Å². The fraction of sp³-hybridized carbons (Fsp3) is 0.579. The molecular weight excluding hydrogens is 381 g/mol. The Kier molecular flexibility index (Phi) is 6.22. The number of esters is 1. The van der Waals surface area contributed by atoms with E-state index in [4.69, 9.17) is 19.2 Å². The van der Waals surface area contributed by atoms with Crippen molar-refractivity contribution in [2.45, 2.75) is 64.4 Å². The normalized spacial score (nSPS) is 26.7. The second kappa shape index (κ2) is 7.81. The molecule has 9 heteroatoms. The number of halogens is 3. The molecule has 0 spiro atoms. The third-order valence-electron chi connectivity index (χ3n) is 4.94. The van der Waals surface area contributed by atoms with Crippen LogP contribution in [0.2, 0.25) is 0 Å². The molecule has 1 saturated heterocycles. The van der Waals surface area contributed by atoms with Crippen LogP contribution in [0.1, 0.15) is 46.1 Å². The first-order valence-corrected chi connectivity index (χ1v) is 8.69. The quantitative estimate of drug-likeness (QED) is 0.388. The van der Waals surface area contributed by atoms with Gasteiger partial charge >= 0.3 is 17.9 Å². The molecule has 1 aromatic carbocycles. The minimum absolute atomic E-state index is 0.0861. The van der Waals surface area contributed by atoms with Gasteiger partial charge in [0.05, 0.1) is 0 Å². The maximum Gasteiger partial charge on any atom is 0.451 e. The first-order chi connectivity index (χ1) is 12.9. The van der Waals surface area contributed by atoms with E-state index in [0.29, 0.717) is 6.29 Å². The predicted octanol–water partition coefficient (Wildman–Crippen LogP) is 4.03. The highest BCUT2D eigenvalue weighted by atomic mass is 19.4. The highest BCUT2D eigenvalue weighted by molar-refractivity contribution is 5.69. The van der Waals surface area contributed by atoms with Crippen LogP contribution in [-0.4, -0.2) is 30.3 Å². The minimum Gasteiger partial charge on any atom is -0.455 e. The molecule has 0 N–H and O–H groups in total. The Morgan fingerprint density at radius 2 is 1.82 bits per heavy atom. The standard InChI is InChI=1S/C19H23F3O6/c1-13(24)25-15(12-23)10-11-16(2,3)17(4)26-18(28-27-17,19(20,21)22)14-8-6-5-7-9-14/h5-9,12,15H,10-11H2,1-4H3. The van der Waals surface area contributed by atoms with Crippen molar-refractivity contribution < 1.29 is 42.0 Å². The Balaban J connectivity index is 2.26. The van der Waals surface area contributed by atoms with E-state index < -0.39 is 35.2 Å². The van der Waals surface area contributed by atoms with Gasteiger partial charge in [-0.25, -0.2) is 0 Å². The van der Waals surface area contributed by atoms with Crippen molar-refractivity contribution in [2.75, 3.05) is 0 Å². The molecule has 0 aliphatic carbocycles. The van der Waals surface area contributed by atoms with Gasteiger partial charge in [0.2, 0.25) is 5.79 Å². The Hall–Kier alpha value is -1.97. The van der Waals surface area contributed by atoms with Crippen LogP contribution in [0.15, 0.2) is 30.3 Å². The molecule has 1 aromatic rings. The van der Waals surface area contributed by atoms with Crippen LogP contribution in [0.25, 0.3) is 0 Å². The average molecular weight is 404 g/mol. The number of rotatable bonds is 7. The van der Waals surface area contributed by atoms with Gasteiger partial charge < -0.3 is 9.47 Å². The second-order valence-electron chi connectivity index (χ2n) is 7.40. The van der Waals surface area contributed by atoms with Crippen molar-refractivity contribution in [3.63, 3.8) is 0 Å². The molecule has 3 unspecified atom stereocenters. The summed E-state index contributed by atoms with van der Waals surface area (Å²) in [5.74, 6) is -5.50. The Labute approximate surface area is 160 Å². The van der Waals surface area contributed by atoms with E-state index in [2.05, 4.69) is 0 Å². The number of benzene rings is 1. The fourth-order valence-corrected chi connectivity index (χ4v) is 2.83. The van der Waals surface area contributed by atoms with Gasteiger partial charge in [-0.3, -0.25) is 9.59 Å². The molecular formula is C19H23F3O6. The molecule has 0 amide bonds. The first-order valence-electron chi connectivity index (χ1n) is 8.69. The van der Waals surface area contributed by atoms with Gasteiger partial charge in [0.25, 0.3) is 0 Å². The van der Waals surface area contributed by atoms with Gasteiger partial charge in [0.15, 0.2) is 12.4 Å². The minimum atomic E-state index is -4.91. The first kappa shape index (κ1) is 22.3. The predicted molar refractivity (Wildman–Crippen MR) is 90.5 cm³/mol. The number of aldehydes is 1. The van der Waals surface area contributed by atoms with Crippen molar-refractivity contribution in [1.29, 1.82) is 0 Å². The van der Waals surface area contributed by atoms with Gasteiger partial charge in [0.1, 0.15) is 0 Å². The van der Waals surface area contributed by atoms with Crippen LogP contribution in [0.3, 0.4) is 0 Å². The summed E-state index contributed by atoms with van der Waals surface area (Å²) in [7, 11) is 0. The Morgan fingerprint density at radius 3 is 2.32 bits per heavy atom. The molecule has 156 valence electrons. The number of ether oxygens (including phenoxy) is 2. The van der Waals surface area contributed by atoms with Gasteiger partial charge in [-0.15, -0.1) is 0 Å². The summed E-state index contributed by atoms with van der Waals surface area (Å²) in [6.45, 7) is 5.73. The molecule has 0 aromatic heterocycles. The van der Waals surface area contributed by atoms with Crippen LogP contribution in [0.4, 0.5) is 13.2 Å². The largest absolute Gasteiger partial charge is 0.455 e. The lowest BCUT2D eigenvalue weighted by atomic mass is 9.79.